The van der Waals surface area contributed by atoms with Crippen LogP contribution in [0.2, 0.25) is 0 Å². The highest BCUT2D eigenvalue weighted by molar-refractivity contribution is 6.04. The summed E-state index contributed by atoms with van der Waals surface area (Å²) in [7, 11) is 0. The normalized spacial score (nSPS) is 10.8. The van der Waals surface area contributed by atoms with Crippen molar-refractivity contribution in [1.82, 2.24) is 19.4 Å². The van der Waals surface area contributed by atoms with E-state index in [-0.39, 0.29) is 5.91 Å². The number of imidazole rings is 1. The predicted octanol–water partition coefficient (Wildman–Crippen LogP) is 2.93. The zero-order valence-corrected chi connectivity index (χ0v) is 14.0. The molecule has 0 saturated heterocycles. The first kappa shape index (κ1) is 15.8. The Bertz CT molecular complexity index is 1080. The second kappa shape index (κ2) is 6.29. The number of nitrogens with one attached hydrogen (secondary N) is 1. The van der Waals surface area contributed by atoms with Crippen LogP contribution < -0.4 is 11.1 Å². The number of carbonyl (C=O) groups is 1. The largest absolute Gasteiger partial charge is 0.382 e. The minimum absolute atomic E-state index is 0.219. The lowest BCUT2D eigenvalue weighted by Gasteiger charge is -2.06. The molecule has 3 aromatic heterocycles. The maximum absolute atomic E-state index is 12.4. The number of nitrogens with two attached hydrogens (primary N) is 1. The summed E-state index contributed by atoms with van der Waals surface area (Å²) in [6.45, 7) is 1.94. The smallest absolute Gasteiger partial charge is 0.256 e. The van der Waals surface area contributed by atoms with Gasteiger partial charge in [0.05, 0.1) is 5.69 Å². The van der Waals surface area contributed by atoms with Crippen LogP contribution in [-0.2, 0) is 0 Å². The van der Waals surface area contributed by atoms with Gasteiger partial charge in [-0.3, -0.25) is 4.79 Å². The van der Waals surface area contributed by atoms with Crippen molar-refractivity contribution < 1.29 is 4.79 Å². The molecule has 0 aliphatic carbocycles. The molecular weight excluding hydrogens is 328 g/mol. The van der Waals surface area contributed by atoms with Crippen LogP contribution in [0.5, 0.6) is 0 Å². The molecule has 4 rings (SSSR count). The second-order valence-corrected chi connectivity index (χ2v) is 5.91. The van der Waals surface area contributed by atoms with Crippen LogP contribution in [0, 0.1) is 6.92 Å². The van der Waals surface area contributed by atoms with Crippen molar-refractivity contribution in [2.75, 3.05) is 11.1 Å². The maximum atomic E-state index is 12.4. The van der Waals surface area contributed by atoms with Crippen molar-refractivity contribution in [2.24, 2.45) is 0 Å². The zero-order chi connectivity index (χ0) is 18.1. The first-order chi connectivity index (χ1) is 12.6. The van der Waals surface area contributed by atoms with Crippen LogP contribution >= 0.6 is 0 Å². The summed E-state index contributed by atoms with van der Waals surface area (Å²) in [6, 6.07) is 10.8. The van der Waals surface area contributed by atoms with E-state index in [1.54, 1.807) is 43.1 Å². The number of nitrogen functional groups attached to an aromatic ring is 1. The molecule has 0 bridgehead atoms. The van der Waals surface area contributed by atoms with E-state index in [2.05, 4.69) is 20.3 Å². The third kappa shape index (κ3) is 2.86. The molecule has 0 aliphatic heterocycles. The lowest BCUT2D eigenvalue weighted by molar-refractivity contribution is 0.102. The molecule has 26 heavy (non-hydrogen) atoms. The maximum Gasteiger partial charge on any atom is 0.256 e. The van der Waals surface area contributed by atoms with Crippen molar-refractivity contribution in [3.63, 3.8) is 0 Å². The zero-order valence-electron chi connectivity index (χ0n) is 14.0. The molecule has 1 amide bonds. The van der Waals surface area contributed by atoms with Crippen LogP contribution in [0.3, 0.4) is 0 Å². The van der Waals surface area contributed by atoms with Gasteiger partial charge in [-0.25, -0.2) is 15.0 Å². The minimum atomic E-state index is -0.219. The molecule has 7 heteroatoms. The summed E-state index contributed by atoms with van der Waals surface area (Å²) in [5, 5.41) is 2.78. The molecule has 0 atom stereocenters. The number of anilines is 2. The average Bonchev–Trinajstić information content (AvgIpc) is 3.09. The third-order valence-corrected chi connectivity index (χ3v) is 4.05. The van der Waals surface area contributed by atoms with E-state index in [9.17, 15) is 4.79 Å². The molecule has 3 heterocycles. The summed E-state index contributed by atoms with van der Waals surface area (Å²) in [6.07, 6.45) is 6.81. The van der Waals surface area contributed by atoms with Crippen molar-refractivity contribution in [2.45, 2.75) is 6.92 Å². The molecule has 0 saturated carbocycles. The Hall–Kier alpha value is -3.74. The monoisotopic (exact) mass is 344 g/mol. The standard InChI is InChI=1S/C19H16N6O/c1-12-2-7-15(22-10-12)24-19(26)14-5-3-13(4-6-14)16-17-18(20)21-8-9-25(17)11-23-16/h2-11H,1H3,(H2,20,21)(H,22,24,26). The number of nitrogens with zero attached hydrogens (tertiary/aromatic N) is 4. The van der Waals surface area contributed by atoms with E-state index in [4.69, 9.17) is 5.73 Å². The number of carbonyl (C=O) groups excluding carboxylic acids is 1. The van der Waals surface area contributed by atoms with Gasteiger partial charge in [0.1, 0.15) is 23.5 Å². The number of aromatic nitrogens is 4. The van der Waals surface area contributed by atoms with Crippen molar-refractivity contribution in [1.29, 1.82) is 0 Å². The van der Waals surface area contributed by atoms with E-state index in [1.807, 2.05) is 29.5 Å². The molecule has 4 aromatic rings. The third-order valence-electron chi connectivity index (χ3n) is 4.05. The van der Waals surface area contributed by atoms with Gasteiger partial charge in [0.25, 0.3) is 5.91 Å². The Kier molecular flexibility index (Phi) is 3.81. The first-order valence-electron chi connectivity index (χ1n) is 8.03. The number of amides is 1. The fourth-order valence-corrected chi connectivity index (χ4v) is 2.70. The van der Waals surface area contributed by atoms with Crippen LogP contribution in [0.4, 0.5) is 11.6 Å². The van der Waals surface area contributed by atoms with Crippen molar-refractivity contribution in [3.05, 3.63) is 72.4 Å². The molecule has 0 spiro atoms. The number of rotatable bonds is 3. The summed E-state index contributed by atoms with van der Waals surface area (Å²) >= 11 is 0. The Morgan fingerprint density at radius 1 is 1.08 bits per heavy atom. The molecule has 7 nitrogen and oxygen atoms in total. The van der Waals surface area contributed by atoms with Crippen molar-refractivity contribution in [3.8, 4) is 11.3 Å². The van der Waals surface area contributed by atoms with Gasteiger partial charge < -0.3 is 15.5 Å². The fraction of sp³-hybridized carbons (Fsp3) is 0.0526. The summed E-state index contributed by atoms with van der Waals surface area (Å²) in [4.78, 5) is 25.1. The van der Waals surface area contributed by atoms with Gasteiger partial charge in [0.15, 0.2) is 0 Å². The van der Waals surface area contributed by atoms with Gasteiger partial charge in [-0.05, 0) is 30.7 Å². The van der Waals surface area contributed by atoms with Gasteiger partial charge in [0.2, 0.25) is 0 Å². The Morgan fingerprint density at radius 3 is 2.62 bits per heavy atom. The fourth-order valence-electron chi connectivity index (χ4n) is 2.70. The van der Waals surface area contributed by atoms with E-state index in [0.717, 1.165) is 22.3 Å². The quantitative estimate of drug-likeness (QED) is 0.595. The van der Waals surface area contributed by atoms with E-state index < -0.39 is 0 Å². The lowest BCUT2D eigenvalue weighted by atomic mass is 10.1. The van der Waals surface area contributed by atoms with E-state index in [1.165, 1.54) is 0 Å². The van der Waals surface area contributed by atoms with Gasteiger partial charge in [-0.15, -0.1) is 0 Å². The average molecular weight is 344 g/mol. The first-order valence-corrected chi connectivity index (χ1v) is 8.03. The van der Waals surface area contributed by atoms with Crippen LogP contribution in [0.25, 0.3) is 16.8 Å². The molecule has 0 unspecified atom stereocenters. The van der Waals surface area contributed by atoms with Crippen LogP contribution in [0.1, 0.15) is 15.9 Å². The highest BCUT2D eigenvalue weighted by atomic mass is 16.1. The lowest BCUT2D eigenvalue weighted by Crippen LogP contribution is -2.12. The van der Waals surface area contributed by atoms with Crippen molar-refractivity contribution >= 4 is 23.1 Å². The van der Waals surface area contributed by atoms with Gasteiger partial charge in [0, 0.05) is 29.7 Å². The van der Waals surface area contributed by atoms with E-state index in [0.29, 0.717) is 17.2 Å². The number of aryl methyl sites for hydroxylation is 1. The highest BCUT2D eigenvalue weighted by Gasteiger charge is 2.12. The highest BCUT2D eigenvalue weighted by Crippen LogP contribution is 2.26. The molecule has 3 N–H and O–H groups in total. The predicted molar refractivity (Wildman–Crippen MR) is 99.8 cm³/mol. The van der Waals surface area contributed by atoms with E-state index >= 15 is 0 Å². The Balaban J connectivity index is 1.60. The summed E-state index contributed by atoms with van der Waals surface area (Å²) in [5.74, 6) is 0.708. The number of pyridine rings is 1. The van der Waals surface area contributed by atoms with Crippen LogP contribution in [-0.4, -0.2) is 25.3 Å². The Labute approximate surface area is 149 Å². The van der Waals surface area contributed by atoms with Gasteiger partial charge >= 0.3 is 0 Å². The number of hydrogen-bond acceptors (Lipinski definition) is 5. The topological polar surface area (TPSA) is 98.2 Å². The van der Waals surface area contributed by atoms with Crippen LogP contribution in [0.15, 0.2) is 61.3 Å². The molecule has 1 aromatic carbocycles. The molecule has 128 valence electrons. The molecule has 0 radical (unpaired) electrons. The number of benzene rings is 1. The second-order valence-electron chi connectivity index (χ2n) is 5.91. The molecule has 0 aliphatic rings. The number of hydrogen-bond donors (Lipinski definition) is 2. The SMILES string of the molecule is Cc1ccc(NC(=O)c2ccc(-c3ncn4ccnc(N)c34)cc2)nc1. The minimum Gasteiger partial charge on any atom is -0.382 e. The Morgan fingerprint density at radius 2 is 1.88 bits per heavy atom. The van der Waals surface area contributed by atoms with Gasteiger partial charge in [-0.1, -0.05) is 18.2 Å². The van der Waals surface area contributed by atoms with Gasteiger partial charge in [-0.2, -0.15) is 0 Å². The molecular formula is C19H16N6O. The summed E-state index contributed by atoms with van der Waals surface area (Å²) < 4.78 is 1.82. The number of fused-ring (bicyclic) bond motifs is 1. The molecule has 0 fully saturated rings. The summed E-state index contributed by atoms with van der Waals surface area (Å²) in [5.41, 5.74) is 9.87.